The zero-order valence-electron chi connectivity index (χ0n) is 20.0. The van der Waals surface area contributed by atoms with Gasteiger partial charge in [-0.05, 0) is 48.0 Å². The van der Waals surface area contributed by atoms with Crippen molar-refractivity contribution in [2.24, 2.45) is 0 Å². The summed E-state index contributed by atoms with van der Waals surface area (Å²) in [4.78, 5) is 32.4. The van der Waals surface area contributed by atoms with Crippen LogP contribution in [-0.4, -0.2) is 74.1 Å². The molecular formula is C27H29FN4O4. The Kier molecular flexibility index (Phi) is 7.29. The molecule has 0 saturated carbocycles. The van der Waals surface area contributed by atoms with Gasteiger partial charge in [-0.15, -0.1) is 0 Å². The average molecular weight is 493 g/mol. The highest BCUT2D eigenvalue weighted by molar-refractivity contribution is 6.05. The van der Waals surface area contributed by atoms with Crippen LogP contribution in [0, 0.1) is 5.82 Å². The number of morpholine rings is 1. The van der Waals surface area contributed by atoms with E-state index < -0.39 is 0 Å². The molecule has 5 rings (SSSR count). The Hall–Kier alpha value is -3.69. The van der Waals surface area contributed by atoms with Gasteiger partial charge < -0.3 is 24.3 Å². The van der Waals surface area contributed by atoms with E-state index in [1.54, 1.807) is 23.1 Å². The van der Waals surface area contributed by atoms with E-state index in [9.17, 15) is 14.0 Å². The van der Waals surface area contributed by atoms with Crippen LogP contribution in [0.15, 0.2) is 65.3 Å². The maximum Gasteiger partial charge on any atom is 0.291 e. The molecule has 0 unspecified atom stereocenters. The summed E-state index contributed by atoms with van der Waals surface area (Å²) in [5.41, 5.74) is 3.02. The molecule has 36 heavy (non-hydrogen) atoms. The van der Waals surface area contributed by atoms with E-state index in [0.717, 1.165) is 44.0 Å². The van der Waals surface area contributed by atoms with Crippen LogP contribution in [0.3, 0.4) is 0 Å². The highest BCUT2D eigenvalue weighted by atomic mass is 19.1. The third-order valence-electron chi connectivity index (χ3n) is 6.56. The number of carbonyl (C=O) groups is 2. The van der Waals surface area contributed by atoms with Gasteiger partial charge in [-0.3, -0.25) is 14.5 Å². The fourth-order valence-corrected chi connectivity index (χ4v) is 4.59. The molecule has 2 aromatic carbocycles. The number of hydrogen-bond donors (Lipinski definition) is 1. The normalized spacial score (nSPS) is 16.7. The second-order valence-corrected chi connectivity index (χ2v) is 8.96. The molecule has 2 saturated heterocycles. The van der Waals surface area contributed by atoms with Crippen LogP contribution in [0.2, 0.25) is 0 Å². The maximum atomic E-state index is 13.5. The number of amides is 2. The standard InChI is InChI=1S/C27H29FN4O4/c28-21-5-3-20(4-6-21)19-30-9-11-31(12-10-30)24-8-7-22(29-26(33)25-2-1-15-36-25)18-23(24)27(34)32-13-16-35-17-14-32/h1-8,15,18H,9-14,16-17,19H2,(H,29,33). The van der Waals surface area contributed by atoms with Crippen molar-refractivity contribution in [3.8, 4) is 0 Å². The van der Waals surface area contributed by atoms with Gasteiger partial charge in [0.2, 0.25) is 0 Å². The van der Waals surface area contributed by atoms with E-state index in [2.05, 4.69) is 15.1 Å². The van der Waals surface area contributed by atoms with Crippen molar-refractivity contribution in [3.63, 3.8) is 0 Å². The van der Waals surface area contributed by atoms with Crippen molar-refractivity contribution in [2.45, 2.75) is 6.54 Å². The summed E-state index contributed by atoms with van der Waals surface area (Å²) in [6.07, 6.45) is 1.45. The molecule has 9 heteroatoms. The van der Waals surface area contributed by atoms with Crippen LogP contribution < -0.4 is 10.2 Å². The molecule has 2 aliphatic rings. The maximum absolute atomic E-state index is 13.5. The van der Waals surface area contributed by atoms with Crippen molar-refractivity contribution in [1.29, 1.82) is 0 Å². The summed E-state index contributed by atoms with van der Waals surface area (Å²) in [5.74, 6) is -0.467. The predicted molar refractivity (Wildman–Crippen MR) is 134 cm³/mol. The van der Waals surface area contributed by atoms with E-state index in [1.807, 2.05) is 24.3 Å². The van der Waals surface area contributed by atoms with Crippen LogP contribution in [0.4, 0.5) is 15.8 Å². The average Bonchev–Trinajstić information content (AvgIpc) is 3.46. The number of nitrogens with zero attached hydrogens (tertiary/aromatic N) is 3. The van der Waals surface area contributed by atoms with Crippen LogP contribution in [0.1, 0.15) is 26.5 Å². The Morgan fingerprint density at radius 1 is 0.917 bits per heavy atom. The van der Waals surface area contributed by atoms with Gasteiger partial charge >= 0.3 is 0 Å². The third-order valence-corrected chi connectivity index (χ3v) is 6.56. The van der Waals surface area contributed by atoms with E-state index in [-0.39, 0.29) is 23.4 Å². The number of benzene rings is 2. The van der Waals surface area contributed by atoms with Crippen molar-refractivity contribution >= 4 is 23.2 Å². The van der Waals surface area contributed by atoms with Gasteiger partial charge in [0.1, 0.15) is 5.82 Å². The van der Waals surface area contributed by atoms with E-state index in [1.165, 1.54) is 18.4 Å². The van der Waals surface area contributed by atoms with Gasteiger partial charge in [0.05, 0.1) is 25.0 Å². The highest BCUT2D eigenvalue weighted by Gasteiger charge is 2.26. The molecule has 0 spiro atoms. The Bertz CT molecular complexity index is 1180. The van der Waals surface area contributed by atoms with Gasteiger partial charge in [-0.1, -0.05) is 12.1 Å². The van der Waals surface area contributed by atoms with Crippen molar-refractivity contribution in [1.82, 2.24) is 9.80 Å². The molecule has 0 aliphatic carbocycles. The molecule has 2 amide bonds. The molecule has 2 aliphatic heterocycles. The molecular weight excluding hydrogens is 463 g/mol. The second kappa shape index (κ2) is 10.9. The Morgan fingerprint density at radius 3 is 2.36 bits per heavy atom. The summed E-state index contributed by atoms with van der Waals surface area (Å²) in [6.45, 7) is 5.99. The first kappa shape index (κ1) is 24.0. The number of piperazine rings is 1. The van der Waals surface area contributed by atoms with E-state index in [4.69, 9.17) is 9.15 Å². The molecule has 3 heterocycles. The molecule has 0 atom stereocenters. The minimum atomic E-state index is -0.369. The van der Waals surface area contributed by atoms with E-state index in [0.29, 0.717) is 37.6 Å². The van der Waals surface area contributed by atoms with Gasteiger partial charge in [0.15, 0.2) is 5.76 Å². The number of rotatable bonds is 6. The number of hydrogen-bond acceptors (Lipinski definition) is 6. The number of furan rings is 1. The smallest absolute Gasteiger partial charge is 0.291 e. The van der Waals surface area contributed by atoms with Crippen LogP contribution in [-0.2, 0) is 11.3 Å². The van der Waals surface area contributed by atoms with Crippen LogP contribution >= 0.6 is 0 Å². The fraction of sp³-hybridized carbons (Fsp3) is 0.333. The predicted octanol–water partition coefficient (Wildman–Crippen LogP) is 3.47. The lowest BCUT2D eigenvalue weighted by Crippen LogP contribution is -2.47. The number of carbonyl (C=O) groups excluding carboxylic acids is 2. The SMILES string of the molecule is O=C(Nc1ccc(N2CCN(Cc3ccc(F)cc3)CC2)c(C(=O)N2CCOCC2)c1)c1ccco1. The van der Waals surface area contributed by atoms with Crippen molar-refractivity contribution in [3.05, 3.63) is 83.6 Å². The zero-order valence-corrected chi connectivity index (χ0v) is 20.0. The highest BCUT2D eigenvalue weighted by Crippen LogP contribution is 2.28. The number of anilines is 2. The molecule has 0 bridgehead atoms. The first-order chi connectivity index (χ1) is 17.6. The molecule has 8 nitrogen and oxygen atoms in total. The first-order valence-electron chi connectivity index (χ1n) is 12.1. The molecule has 0 radical (unpaired) electrons. The Morgan fingerprint density at radius 2 is 1.67 bits per heavy atom. The quantitative estimate of drug-likeness (QED) is 0.568. The Balaban J connectivity index is 1.32. The van der Waals surface area contributed by atoms with Crippen LogP contribution in [0.5, 0.6) is 0 Å². The number of nitrogens with one attached hydrogen (secondary N) is 1. The van der Waals surface area contributed by atoms with Crippen molar-refractivity contribution < 1.29 is 23.1 Å². The summed E-state index contributed by atoms with van der Waals surface area (Å²) in [5, 5.41) is 2.83. The Labute approximate surface area is 209 Å². The summed E-state index contributed by atoms with van der Waals surface area (Å²) in [7, 11) is 0. The van der Waals surface area contributed by atoms with Crippen LogP contribution in [0.25, 0.3) is 0 Å². The van der Waals surface area contributed by atoms with Gasteiger partial charge in [0.25, 0.3) is 11.8 Å². The van der Waals surface area contributed by atoms with Gasteiger partial charge in [0, 0.05) is 57.2 Å². The van der Waals surface area contributed by atoms with E-state index >= 15 is 0 Å². The topological polar surface area (TPSA) is 78.3 Å². The molecule has 1 aromatic heterocycles. The molecule has 188 valence electrons. The third kappa shape index (κ3) is 5.58. The largest absolute Gasteiger partial charge is 0.459 e. The number of halogens is 1. The minimum Gasteiger partial charge on any atom is -0.459 e. The summed E-state index contributed by atoms with van der Waals surface area (Å²) < 4.78 is 23.8. The minimum absolute atomic E-state index is 0.0730. The molecule has 2 fully saturated rings. The zero-order chi connectivity index (χ0) is 24.9. The lowest BCUT2D eigenvalue weighted by molar-refractivity contribution is 0.0303. The fourth-order valence-electron chi connectivity index (χ4n) is 4.59. The lowest BCUT2D eigenvalue weighted by Gasteiger charge is -2.37. The summed E-state index contributed by atoms with van der Waals surface area (Å²) >= 11 is 0. The van der Waals surface area contributed by atoms with Gasteiger partial charge in [-0.25, -0.2) is 4.39 Å². The molecule has 3 aromatic rings. The lowest BCUT2D eigenvalue weighted by atomic mass is 10.1. The summed E-state index contributed by atoms with van der Waals surface area (Å²) in [6, 6.07) is 15.3. The van der Waals surface area contributed by atoms with Gasteiger partial charge in [-0.2, -0.15) is 0 Å². The monoisotopic (exact) mass is 492 g/mol. The molecule has 1 N–H and O–H groups in total. The number of ether oxygens (including phenoxy) is 1. The van der Waals surface area contributed by atoms with Crippen molar-refractivity contribution in [2.75, 3.05) is 62.7 Å². The first-order valence-corrected chi connectivity index (χ1v) is 12.1. The second-order valence-electron chi connectivity index (χ2n) is 8.96.